The number of benzene rings is 3. The third-order valence-corrected chi connectivity index (χ3v) is 17.7. The summed E-state index contributed by atoms with van der Waals surface area (Å²) in [5.41, 5.74) is 0. The van der Waals surface area contributed by atoms with Crippen LogP contribution in [-0.4, -0.2) is 30.6 Å². The van der Waals surface area contributed by atoms with Crippen molar-refractivity contribution in [1.29, 1.82) is 0 Å². The van der Waals surface area contributed by atoms with E-state index in [4.69, 9.17) is 0 Å². The monoisotopic (exact) mass is 581 g/mol. The molecule has 1 amide bonds. The van der Waals surface area contributed by atoms with Crippen molar-refractivity contribution < 1.29 is 4.79 Å². The summed E-state index contributed by atoms with van der Waals surface area (Å²) in [6.07, 6.45) is 12.4. The van der Waals surface area contributed by atoms with Gasteiger partial charge in [-0.3, -0.25) is 0 Å². The molecule has 3 rings (SSSR count). The first kappa shape index (κ1) is 29.6. The molecule has 0 N–H and O–H groups in total. The van der Waals surface area contributed by atoms with E-state index in [2.05, 4.69) is 113 Å². The average Bonchev–Trinajstić information content (AvgIpc) is 2.96. The van der Waals surface area contributed by atoms with Gasteiger partial charge in [-0.25, -0.2) is 0 Å². The van der Waals surface area contributed by atoms with Crippen LogP contribution in [0.15, 0.2) is 91.0 Å². The fourth-order valence-corrected chi connectivity index (χ4v) is 13.1. The number of rotatable bonds is 16. The predicted octanol–water partition coefficient (Wildman–Crippen LogP) is 8.21. The zero-order valence-electron chi connectivity index (χ0n) is 22.8. The molecule has 0 fully saturated rings. The van der Waals surface area contributed by atoms with Crippen LogP contribution in [0.2, 0.25) is 0 Å². The molecule has 0 unspecified atom stereocenters. The molecular weight excluding hydrogens is 537 g/mol. The zero-order valence-corrected chi connectivity index (χ0v) is 25.3. The maximum absolute atomic E-state index is 12.2. The quantitative estimate of drug-likeness (QED) is 0.123. The van der Waals surface area contributed by atoms with Gasteiger partial charge >= 0.3 is 214 Å². The van der Waals surface area contributed by atoms with E-state index >= 15 is 0 Å². The average molecular weight is 583 g/mol. The summed E-state index contributed by atoms with van der Waals surface area (Å²) < 4.78 is 0. The van der Waals surface area contributed by atoms with E-state index in [1.807, 2.05) is 11.9 Å². The first-order valence-electron chi connectivity index (χ1n) is 14.1. The second-order valence-electron chi connectivity index (χ2n) is 10.3. The minimum atomic E-state index is -2.78. The Balaban J connectivity index is 1.59. The Hall–Kier alpha value is -1.96. The van der Waals surface area contributed by atoms with Gasteiger partial charge in [-0.05, 0) is 6.42 Å². The van der Waals surface area contributed by atoms with Gasteiger partial charge in [0, 0.05) is 0 Å². The van der Waals surface area contributed by atoms with Crippen molar-refractivity contribution in [2.24, 2.45) is 0 Å². The second kappa shape index (κ2) is 14.8. The van der Waals surface area contributed by atoms with E-state index in [1.165, 1.54) is 48.0 Å². The molecule has 0 bridgehead atoms. The molecule has 200 valence electrons. The SMILES string of the molecule is CCCCN(C)C(=O)CCCCCCCCCP(Br)(c1ccccc1)(c1ccccc1)c1ccccc1. The summed E-state index contributed by atoms with van der Waals surface area (Å²) in [6, 6.07) is 33.3. The molecule has 0 atom stereocenters. The number of amides is 1. The molecule has 37 heavy (non-hydrogen) atoms. The Morgan fingerprint density at radius 3 is 1.49 bits per heavy atom. The van der Waals surface area contributed by atoms with Crippen LogP contribution < -0.4 is 15.9 Å². The van der Waals surface area contributed by atoms with E-state index in [0.717, 1.165) is 38.4 Å². The molecule has 3 aromatic carbocycles. The molecule has 0 saturated carbocycles. The Kier molecular flexibility index (Phi) is 11.9. The van der Waals surface area contributed by atoms with E-state index < -0.39 is 5.31 Å². The van der Waals surface area contributed by atoms with Crippen molar-refractivity contribution in [3.63, 3.8) is 0 Å². The summed E-state index contributed by atoms with van der Waals surface area (Å²) in [4.78, 5) is 14.1. The first-order chi connectivity index (χ1) is 18.0. The Labute approximate surface area is 233 Å². The maximum atomic E-state index is 12.2. The molecule has 0 aliphatic carbocycles. The third-order valence-electron chi connectivity index (χ3n) is 7.63. The van der Waals surface area contributed by atoms with Crippen molar-refractivity contribution in [2.45, 2.75) is 71.1 Å². The number of hydrogen-bond donors (Lipinski definition) is 0. The standard InChI is InChI=1S/C33H45BrNOP/c1-3-4-28-35(2)33(36)27-19-8-6-5-7-9-20-29-37(34,30-21-13-10-14-22-30,31-23-15-11-16-24-31)32-25-17-12-18-26-32/h10-18,21-26H,3-9,19-20,27-29H2,1-2H3. The van der Waals surface area contributed by atoms with Gasteiger partial charge in [0.15, 0.2) is 0 Å². The Bertz CT molecular complexity index is 958. The van der Waals surface area contributed by atoms with Crippen LogP contribution in [0.5, 0.6) is 0 Å². The normalized spacial score (nSPS) is 12.6. The van der Waals surface area contributed by atoms with Crippen LogP contribution in [0.3, 0.4) is 0 Å². The van der Waals surface area contributed by atoms with Crippen LogP contribution in [-0.2, 0) is 4.79 Å². The fourth-order valence-electron chi connectivity index (χ4n) is 5.33. The van der Waals surface area contributed by atoms with Gasteiger partial charge in [0.1, 0.15) is 0 Å². The van der Waals surface area contributed by atoms with Crippen molar-refractivity contribution >= 4 is 42.6 Å². The minimum absolute atomic E-state index is 0.305. The molecule has 0 heterocycles. The van der Waals surface area contributed by atoms with Gasteiger partial charge in [0.25, 0.3) is 0 Å². The van der Waals surface area contributed by atoms with Gasteiger partial charge in [-0.1, -0.05) is 13.3 Å². The molecule has 4 heteroatoms. The van der Waals surface area contributed by atoms with Crippen LogP contribution in [0.25, 0.3) is 0 Å². The van der Waals surface area contributed by atoms with E-state index in [9.17, 15) is 4.79 Å². The molecule has 0 spiro atoms. The van der Waals surface area contributed by atoms with Gasteiger partial charge in [-0.2, -0.15) is 0 Å². The van der Waals surface area contributed by atoms with Crippen molar-refractivity contribution in [2.75, 3.05) is 19.8 Å². The Morgan fingerprint density at radius 1 is 0.649 bits per heavy atom. The van der Waals surface area contributed by atoms with E-state index in [1.54, 1.807) is 0 Å². The third kappa shape index (κ3) is 7.55. The molecule has 0 saturated heterocycles. The van der Waals surface area contributed by atoms with Gasteiger partial charge in [0.2, 0.25) is 0 Å². The molecule has 0 aliphatic rings. The molecule has 3 aromatic rings. The van der Waals surface area contributed by atoms with Gasteiger partial charge in [0.05, 0.1) is 0 Å². The van der Waals surface area contributed by atoms with Gasteiger partial charge < -0.3 is 0 Å². The van der Waals surface area contributed by atoms with Crippen LogP contribution >= 0.6 is 20.8 Å². The summed E-state index contributed by atoms with van der Waals surface area (Å²) >= 11 is 4.56. The van der Waals surface area contributed by atoms with E-state index in [0.29, 0.717) is 12.3 Å². The van der Waals surface area contributed by atoms with Crippen LogP contribution in [0.1, 0.15) is 71.1 Å². The zero-order chi connectivity index (χ0) is 26.4. The molecule has 0 aromatic heterocycles. The van der Waals surface area contributed by atoms with Crippen LogP contribution in [0, 0.1) is 0 Å². The summed E-state index contributed by atoms with van der Waals surface area (Å²) in [7, 11) is 1.94. The summed E-state index contributed by atoms with van der Waals surface area (Å²) in [5.74, 6) is 0.305. The van der Waals surface area contributed by atoms with E-state index in [-0.39, 0.29) is 0 Å². The molecule has 0 aliphatic heterocycles. The van der Waals surface area contributed by atoms with Crippen LogP contribution in [0.4, 0.5) is 0 Å². The van der Waals surface area contributed by atoms with Crippen molar-refractivity contribution in [3.8, 4) is 0 Å². The summed E-state index contributed by atoms with van der Waals surface area (Å²) in [6.45, 7) is 3.06. The second-order valence-corrected chi connectivity index (χ2v) is 19.4. The molecule has 0 radical (unpaired) electrons. The number of hydrogen-bond acceptors (Lipinski definition) is 1. The first-order valence-corrected chi connectivity index (χ1v) is 18.6. The fraction of sp³-hybridized carbons (Fsp3) is 0.424. The van der Waals surface area contributed by atoms with Crippen molar-refractivity contribution in [1.82, 2.24) is 4.90 Å². The topological polar surface area (TPSA) is 20.3 Å². The molecular formula is C33H45BrNOP. The Morgan fingerprint density at radius 2 is 1.05 bits per heavy atom. The number of carbonyl (C=O) groups is 1. The predicted molar refractivity (Wildman–Crippen MR) is 168 cm³/mol. The molecule has 2 nitrogen and oxygen atoms in total. The summed E-state index contributed by atoms with van der Waals surface area (Å²) in [5, 5.41) is 1.42. The van der Waals surface area contributed by atoms with Crippen molar-refractivity contribution in [3.05, 3.63) is 91.0 Å². The number of unbranched alkanes of at least 4 members (excludes halogenated alkanes) is 7. The number of carbonyl (C=O) groups excluding carboxylic acids is 1. The number of halogens is 1. The van der Waals surface area contributed by atoms with Gasteiger partial charge in [-0.15, -0.1) is 0 Å². The number of nitrogens with zero attached hydrogens (tertiary/aromatic N) is 1.